The van der Waals surface area contributed by atoms with Crippen molar-refractivity contribution in [2.75, 3.05) is 32.8 Å². The van der Waals surface area contributed by atoms with Gasteiger partial charge in [-0.25, -0.2) is 0 Å². The van der Waals surface area contributed by atoms with E-state index < -0.39 is 0 Å². The van der Waals surface area contributed by atoms with E-state index in [1.54, 1.807) is 23.4 Å². The summed E-state index contributed by atoms with van der Waals surface area (Å²) < 4.78 is 5.48. The summed E-state index contributed by atoms with van der Waals surface area (Å²) in [6.45, 7) is 2.92. The molecule has 6 heteroatoms. The third kappa shape index (κ3) is 2.64. The van der Waals surface area contributed by atoms with Crippen LogP contribution in [0.2, 0.25) is 0 Å². The van der Waals surface area contributed by atoms with Crippen molar-refractivity contribution in [3.63, 3.8) is 0 Å². The number of hydrogen-bond donors (Lipinski definition) is 1. The number of nitrogens with zero attached hydrogens (tertiary/aromatic N) is 2. The van der Waals surface area contributed by atoms with Crippen molar-refractivity contribution in [3.05, 3.63) is 53.3 Å². The lowest BCUT2D eigenvalue weighted by Gasteiger charge is -2.34. The van der Waals surface area contributed by atoms with Gasteiger partial charge in [-0.2, -0.15) is 0 Å². The van der Waals surface area contributed by atoms with Gasteiger partial charge in [-0.3, -0.25) is 9.59 Å². The van der Waals surface area contributed by atoms with E-state index in [1.165, 1.54) is 0 Å². The molecule has 0 radical (unpaired) electrons. The molecule has 4 rings (SSSR count). The van der Waals surface area contributed by atoms with Crippen molar-refractivity contribution in [2.24, 2.45) is 0 Å². The van der Waals surface area contributed by atoms with Gasteiger partial charge in [0.2, 0.25) is 0 Å². The molecule has 0 spiro atoms. The smallest absolute Gasteiger partial charge is 0.255 e. The van der Waals surface area contributed by atoms with Crippen LogP contribution < -0.4 is 4.74 Å². The highest BCUT2D eigenvalue weighted by atomic mass is 16.5. The normalized spacial score (nSPS) is 16.7. The van der Waals surface area contributed by atoms with Crippen molar-refractivity contribution in [3.8, 4) is 5.75 Å². The number of rotatable bonds is 2. The Morgan fingerprint density at radius 1 is 0.958 bits per heavy atom. The van der Waals surface area contributed by atoms with Crippen LogP contribution in [0.15, 0.2) is 36.7 Å². The number of aromatic amines is 1. The second-order valence-electron chi connectivity index (χ2n) is 6.11. The molecule has 6 nitrogen and oxygen atoms in total. The van der Waals surface area contributed by atoms with E-state index in [0.717, 1.165) is 17.7 Å². The number of benzene rings is 1. The highest BCUT2D eigenvalue weighted by Gasteiger charge is 2.26. The zero-order valence-electron chi connectivity index (χ0n) is 13.3. The van der Waals surface area contributed by atoms with Crippen molar-refractivity contribution in [1.29, 1.82) is 0 Å². The molecule has 0 atom stereocenters. The topological polar surface area (TPSA) is 65.6 Å². The summed E-state index contributed by atoms with van der Waals surface area (Å²) in [6, 6.07) is 7.40. The number of carbonyl (C=O) groups excluding carboxylic acids is 2. The molecule has 0 saturated carbocycles. The average molecular weight is 325 g/mol. The monoisotopic (exact) mass is 325 g/mol. The summed E-state index contributed by atoms with van der Waals surface area (Å²) >= 11 is 0. The predicted octanol–water partition coefficient (Wildman–Crippen LogP) is 1.55. The van der Waals surface area contributed by atoms with Crippen molar-refractivity contribution in [2.45, 2.75) is 6.42 Å². The van der Waals surface area contributed by atoms with Crippen LogP contribution in [0.4, 0.5) is 0 Å². The first-order valence-electron chi connectivity index (χ1n) is 8.19. The van der Waals surface area contributed by atoms with E-state index in [0.29, 0.717) is 43.9 Å². The van der Waals surface area contributed by atoms with Crippen LogP contribution in [0.25, 0.3) is 0 Å². The van der Waals surface area contributed by atoms with Crippen molar-refractivity contribution in [1.82, 2.24) is 14.8 Å². The highest BCUT2D eigenvalue weighted by molar-refractivity contribution is 5.96. The maximum atomic E-state index is 12.7. The first kappa shape index (κ1) is 14.8. The van der Waals surface area contributed by atoms with Crippen LogP contribution in [0.5, 0.6) is 5.75 Å². The summed E-state index contributed by atoms with van der Waals surface area (Å²) in [4.78, 5) is 31.5. The van der Waals surface area contributed by atoms with Crippen LogP contribution in [0.3, 0.4) is 0 Å². The van der Waals surface area contributed by atoms with E-state index in [4.69, 9.17) is 4.74 Å². The van der Waals surface area contributed by atoms with Gasteiger partial charge in [-0.05, 0) is 29.8 Å². The van der Waals surface area contributed by atoms with E-state index in [9.17, 15) is 9.59 Å². The van der Waals surface area contributed by atoms with E-state index in [2.05, 4.69) is 4.98 Å². The Bertz CT molecular complexity index is 762. The zero-order valence-corrected chi connectivity index (χ0v) is 13.3. The molecular formula is C18H19N3O3. The maximum Gasteiger partial charge on any atom is 0.255 e. The Morgan fingerprint density at radius 2 is 1.67 bits per heavy atom. The summed E-state index contributed by atoms with van der Waals surface area (Å²) in [5, 5.41) is 0. The Balaban J connectivity index is 1.40. The minimum Gasteiger partial charge on any atom is -0.493 e. The second kappa shape index (κ2) is 6.03. The lowest BCUT2D eigenvalue weighted by Crippen LogP contribution is -2.50. The highest BCUT2D eigenvalue weighted by Crippen LogP contribution is 2.26. The summed E-state index contributed by atoms with van der Waals surface area (Å²) in [5.41, 5.74) is 2.46. The van der Waals surface area contributed by atoms with Gasteiger partial charge in [0.1, 0.15) is 5.75 Å². The minimum absolute atomic E-state index is 0.0121. The molecule has 1 fully saturated rings. The second-order valence-corrected chi connectivity index (χ2v) is 6.11. The van der Waals surface area contributed by atoms with Gasteiger partial charge < -0.3 is 19.5 Å². The molecule has 1 aromatic heterocycles. The van der Waals surface area contributed by atoms with Gasteiger partial charge in [-0.1, -0.05) is 0 Å². The minimum atomic E-state index is 0.0121. The Kier molecular flexibility index (Phi) is 3.72. The summed E-state index contributed by atoms with van der Waals surface area (Å²) in [5.74, 6) is 0.921. The van der Waals surface area contributed by atoms with Crippen molar-refractivity contribution < 1.29 is 14.3 Å². The van der Waals surface area contributed by atoms with Gasteiger partial charge >= 0.3 is 0 Å². The standard InChI is InChI=1S/C18H19N3O3/c22-17(14-1-2-16-13(11-14)4-10-24-16)20-6-8-21(9-7-20)18(23)15-3-5-19-12-15/h1-3,5,11-12,19H,4,6-10H2. The molecule has 1 N–H and O–H groups in total. The van der Waals surface area contributed by atoms with E-state index >= 15 is 0 Å². The van der Waals surface area contributed by atoms with Gasteiger partial charge in [0.25, 0.3) is 11.8 Å². The number of aromatic nitrogens is 1. The fourth-order valence-corrected chi connectivity index (χ4v) is 3.25. The summed E-state index contributed by atoms with van der Waals surface area (Å²) in [6.07, 6.45) is 4.30. The molecule has 1 saturated heterocycles. The molecule has 0 aliphatic carbocycles. The Labute approximate surface area is 140 Å². The van der Waals surface area contributed by atoms with Crippen LogP contribution in [0.1, 0.15) is 26.3 Å². The lowest BCUT2D eigenvalue weighted by atomic mass is 10.1. The molecule has 1 aromatic carbocycles. The summed E-state index contributed by atoms with van der Waals surface area (Å²) in [7, 11) is 0. The van der Waals surface area contributed by atoms with Gasteiger partial charge in [-0.15, -0.1) is 0 Å². The molecule has 124 valence electrons. The molecule has 2 aliphatic heterocycles. The van der Waals surface area contributed by atoms with Crippen LogP contribution in [-0.4, -0.2) is 59.4 Å². The molecule has 3 heterocycles. The molecule has 2 amide bonds. The van der Waals surface area contributed by atoms with Crippen LogP contribution in [-0.2, 0) is 6.42 Å². The number of amides is 2. The lowest BCUT2D eigenvalue weighted by molar-refractivity contribution is 0.0535. The molecule has 0 bridgehead atoms. The molecule has 2 aromatic rings. The number of piperazine rings is 1. The quantitative estimate of drug-likeness (QED) is 0.911. The zero-order chi connectivity index (χ0) is 16.5. The SMILES string of the molecule is O=C(c1cc[nH]c1)N1CCN(C(=O)c2ccc3c(c2)CCO3)CC1. The molecule has 2 aliphatic rings. The number of H-pyrrole nitrogens is 1. The van der Waals surface area contributed by atoms with Crippen molar-refractivity contribution >= 4 is 11.8 Å². The predicted molar refractivity (Wildman–Crippen MR) is 88.2 cm³/mol. The average Bonchev–Trinajstić information content (AvgIpc) is 3.31. The molecular weight excluding hydrogens is 306 g/mol. The largest absolute Gasteiger partial charge is 0.493 e. The number of nitrogens with one attached hydrogen (secondary N) is 1. The third-order valence-electron chi connectivity index (χ3n) is 4.64. The van der Waals surface area contributed by atoms with Gasteiger partial charge in [0, 0.05) is 50.6 Å². The Hall–Kier alpha value is -2.76. The van der Waals surface area contributed by atoms with Gasteiger partial charge in [0.15, 0.2) is 0 Å². The van der Waals surface area contributed by atoms with E-state index in [-0.39, 0.29) is 11.8 Å². The first-order valence-corrected chi connectivity index (χ1v) is 8.19. The number of carbonyl (C=O) groups is 2. The third-order valence-corrected chi connectivity index (χ3v) is 4.64. The number of ether oxygens (including phenoxy) is 1. The van der Waals surface area contributed by atoms with E-state index in [1.807, 2.05) is 23.1 Å². The fraction of sp³-hybridized carbons (Fsp3) is 0.333. The first-order chi connectivity index (χ1) is 11.7. The number of hydrogen-bond acceptors (Lipinski definition) is 3. The van der Waals surface area contributed by atoms with Crippen LogP contribution >= 0.6 is 0 Å². The number of fused-ring (bicyclic) bond motifs is 1. The molecule has 24 heavy (non-hydrogen) atoms. The Morgan fingerprint density at radius 3 is 2.33 bits per heavy atom. The van der Waals surface area contributed by atoms with Gasteiger partial charge in [0.05, 0.1) is 12.2 Å². The fourth-order valence-electron chi connectivity index (χ4n) is 3.25. The molecule has 0 unspecified atom stereocenters. The maximum absolute atomic E-state index is 12.7. The van der Waals surface area contributed by atoms with Crippen LogP contribution in [0, 0.1) is 0 Å².